The summed E-state index contributed by atoms with van der Waals surface area (Å²) in [5, 5.41) is 8.01. The summed E-state index contributed by atoms with van der Waals surface area (Å²) >= 11 is 7.07. The molecule has 0 saturated carbocycles. The number of carbonyl (C=O) groups is 1. The first-order chi connectivity index (χ1) is 13.1. The van der Waals surface area contributed by atoms with Crippen molar-refractivity contribution >= 4 is 40.2 Å². The van der Waals surface area contributed by atoms with Gasteiger partial charge in [0, 0.05) is 10.6 Å². The van der Waals surface area contributed by atoms with Gasteiger partial charge < -0.3 is 0 Å². The largest absolute Gasteiger partial charge is 0.293 e. The fraction of sp³-hybridized carbons (Fsp3) is 0.0526. The van der Waals surface area contributed by atoms with Gasteiger partial charge in [-0.05, 0) is 36.4 Å². The Bertz CT molecular complexity index is 1170. The van der Waals surface area contributed by atoms with Crippen molar-refractivity contribution in [3.63, 3.8) is 0 Å². The third-order valence-electron chi connectivity index (χ3n) is 3.96. The van der Waals surface area contributed by atoms with Gasteiger partial charge in [0.2, 0.25) is 0 Å². The third-order valence-corrected chi connectivity index (χ3v) is 5.15. The van der Waals surface area contributed by atoms with E-state index in [1.54, 1.807) is 24.3 Å². The number of fused-ring (bicyclic) bond motifs is 1. The molecule has 0 saturated heterocycles. The molecule has 2 heterocycles. The topological polar surface area (TPSA) is 80.6 Å². The van der Waals surface area contributed by atoms with Crippen molar-refractivity contribution in [2.24, 2.45) is 0 Å². The molecule has 0 atom stereocenters. The lowest BCUT2D eigenvalue weighted by Gasteiger charge is -2.11. The first-order valence-electron chi connectivity index (χ1n) is 8.06. The van der Waals surface area contributed by atoms with E-state index in [4.69, 9.17) is 11.6 Å². The van der Waals surface area contributed by atoms with Crippen LogP contribution in [0.3, 0.4) is 0 Å². The van der Waals surface area contributed by atoms with Crippen LogP contribution in [0.4, 0.5) is 0 Å². The monoisotopic (exact) mass is 396 g/mol. The number of nitrogens with zero attached hydrogens (tertiary/aromatic N) is 3. The molecule has 0 fully saturated rings. The Hall–Kier alpha value is -2.90. The number of para-hydroxylation sites is 1. The molecule has 27 heavy (non-hydrogen) atoms. The molecule has 2 aromatic heterocycles. The zero-order valence-electron chi connectivity index (χ0n) is 13.9. The van der Waals surface area contributed by atoms with Crippen LogP contribution in [-0.2, 0) is 0 Å². The second-order valence-electron chi connectivity index (χ2n) is 5.72. The molecule has 4 aromatic rings. The number of carbonyl (C=O) groups excluding carboxylic acids is 1. The van der Waals surface area contributed by atoms with E-state index in [0.717, 1.165) is 0 Å². The SMILES string of the molecule is O=C(CSc1nc2[nH]ncc2c(=O)n1-c1ccccc1)c1ccc(Cl)cc1. The zero-order chi connectivity index (χ0) is 18.8. The van der Waals surface area contributed by atoms with Gasteiger partial charge in [-0.3, -0.25) is 19.3 Å². The zero-order valence-corrected chi connectivity index (χ0v) is 15.5. The summed E-state index contributed by atoms with van der Waals surface area (Å²) in [5.41, 5.74) is 1.40. The number of rotatable bonds is 5. The van der Waals surface area contributed by atoms with E-state index in [1.165, 1.54) is 22.5 Å². The molecule has 6 nitrogen and oxygen atoms in total. The summed E-state index contributed by atoms with van der Waals surface area (Å²) in [6, 6.07) is 15.9. The van der Waals surface area contributed by atoms with Gasteiger partial charge in [0.1, 0.15) is 5.39 Å². The first kappa shape index (κ1) is 17.5. The van der Waals surface area contributed by atoms with Crippen molar-refractivity contribution in [2.45, 2.75) is 5.16 Å². The Labute approximate surface area is 163 Å². The number of hydrogen-bond donors (Lipinski definition) is 1. The molecule has 2 aromatic carbocycles. The number of hydrogen-bond acceptors (Lipinski definition) is 5. The number of nitrogens with one attached hydrogen (secondary N) is 1. The summed E-state index contributed by atoms with van der Waals surface area (Å²) in [6.07, 6.45) is 1.46. The second kappa shape index (κ2) is 7.38. The van der Waals surface area contributed by atoms with Gasteiger partial charge in [0.05, 0.1) is 17.6 Å². The summed E-state index contributed by atoms with van der Waals surface area (Å²) < 4.78 is 1.50. The van der Waals surface area contributed by atoms with E-state index in [-0.39, 0.29) is 17.1 Å². The minimum absolute atomic E-state index is 0.0739. The first-order valence-corrected chi connectivity index (χ1v) is 9.43. The lowest BCUT2D eigenvalue weighted by Crippen LogP contribution is -2.21. The number of aromatic nitrogens is 4. The van der Waals surface area contributed by atoms with E-state index in [2.05, 4.69) is 15.2 Å². The van der Waals surface area contributed by atoms with E-state index in [1.807, 2.05) is 30.3 Å². The second-order valence-corrected chi connectivity index (χ2v) is 7.10. The van der Waals surface area contributed by atoms with Crippen LogP contribution >= 0.6 is 23.4 Å². The molecule has 0 spiro atoms. The number of aromatic amines is 1. The third kappa shape index (κ3) is 3.51. The Morgan fingerprint density at radius 2 is 1.85 bits per heavy atom. The van der Waals surface area contributed by atoms with Crippen LogP contribution < -0.4 is 5.56 Å². The number of H-pyrrole nitrogens is 1. The average molecular weight is 397 g/mol. The Balaban J connectivity index is 1.71. The highest BCUT2D eigenvalue weighted by Crippen LogP contribution is 2.22. The van der Waals surface area contributed by atoms with Crippen molar-refractivity contribution in [3.05, 3.63) is 81.7 Å². The fourth-order valence-electron chi connectivity index (χ4n) is 2.62. The Kier molecular flexibility index (Phi) is 4.79. The normalized spacial score (nSPS) is 11.0. The molecule has 8 heteroatoms. The summed E-state index contributed by atoms with van der Waals surface area (Å²) in [7, 11) is 0. The smallest absolute Gasteiger partial charge is 0.269 e. The lowest BCUT2D eigenvalue weighted by molar-refractivity contribution is 0.102. The molecular weight excluding hydrogens is 384 g/mol. The number of benzene rings is 2. The van der Waals surface area contributed by atoms with Crippen LogP contribution in [0, 0.1) is 0 Å². The van der Waals surface area contributed by atoms with Crippen molar-refractivity contribution in [2.75, 3.05) is 5.75 Å². The number of thioether (sulfide) groups is 1. The van der Waals surface area contributed by atoms with E-state index < -0.39 is 0 Å². The molecular formula is C19H13ClN4O2S. The van der Waals surface area contributed by atoms with Crippen molar-refractivity contribution < 1.29 is 4.79 Å². The average Bonchev–Trinajstić information content (AvgIpc) is 3.16. The van der Waals surface area contributed by atoms with Crippen LogP contribution in [0.15, 0.2) is 70.7 Å². The van der Waals surface area contributed by atoms with Crippen molar-refractivity contribution in [3.8, 4) is 5.69 Å². The number of ketones is 1. The fourth-order valence-corrected chi connectivity index (χ4v) is 3.65. The van der Waals surface area contributed by atoms with Crippen molar-refractivity contribution in [1.82, 2.24) is 19.7 Å². The molecule has 0 unspecified atom stereocenters. The number of Topliss-reactive ketones (excluding diaryl/α,β-unsaturated/α-hetero) is 1. The molecule has 0 aliphatic rings. The van der Waals surface area contributed by atoms with Gasteiger partial charge in [-0.25, -0.2) is 4.98 Å². The van der Waals surface area contributed by atoms with Crippen LogP contribution in [-0.4, -0.2) is 31.3 Å². The van der Waals surface area contributed by atoms with E-state index in [9.17, 15) is 9.59 Å². The minimum Gasteiger partial charge on any atom is -0.293 e. The Morgan fingerprint density at radius 1 is 1.11 bits per heavy atom. The summed E-state index contributed by atoms with van der Waals surface area (Å²) in [4.78, 5) is 29.9. The highest BCUT2D eigenvalue weighted by molar-refractivity contribution is 7.99. The predicted molar refractivity (Wildman–Crippen MR) is 106 cm³/mol. The van der Waals surface area contributed by atoms with Crippen LogP contribution in [0.5, 0.6) is 0 Å². The highest BCUT2D eigenvalue weighted by atomic mass is 35.5. The minimum atomic E-state index is -0.235. The molecule has 0 radical (unpaired) electrons. The van der Waals surface area contributed by atoms with Crippen molar-refractivity contribution in [1.29, 1.82) is 0 Å². The summed E-state index contributed by atoms with van der Waals surface area (Å²) in [6.45, 7) is 0. The maximum Gasteiger partial charge on any atom is 0.269 e. The van der Waals surface area contributed by atoms with E-state index >= 15 is 0 Å². The van der Waals surface area contributed by atoms with Gasteiger partial charge in [-0.2, -0.15) is 5.10 Å². The summed E-state index contributed by atoms with van der Waals surface area (Å²) in [5.74, 6) is 0.0656. The maximum absolute atomic E-state index is 12.9. The van der Waals surface area contributed by atoms with Gasteiger partial charge in [-0.15, -0.1) is 0 Å². The quantitative estimate of drug-likeness (QED) is 0.316. The standard InChI is InChI=1S/C19H13ClN4O2S/c20-13-8-6-12(7-9-13)16(25)11-27-19-22-17-15(10-21-23-17)18(26)24(19)14-4-2-1-3-5-14/h1-10H,11H2,(H,21,23). The maximum atomic E-state index is 12.9. The van der Waals surface area contributed by atoms with E-state index in [0.29, 0.717) is 32.5 Å². The molecule has 0 bridgehead atoms. The lowest BCUT2D eigenvalue weighted by atomic mass is 10.1. The van der Waals surface area contributed by atoms with Gasteiger partial charge >= 0.3 is 0 Å². The molecule has 134 valence electrons. The molecule has 0 aliphatic carbocycles. The van der Waals surface area contributed by atoms with Crippen LogP contribution in [0.25, 0.3) is 16.7 Å². The van der Waals surface area contributed by atoms with Gasteiger partial charge in [0.25, 0.3) is 5.56 Å². The predicted octanol–water partition coefficient (Wildman–Crippen LogP) is 3.74. The molecule has 1 N–H and O–H groups in total. The van der Waals surface area contributed by atoms with Crippen LogP contribution in [0.1, 0.15) is 10.4 Å². The van der Waals surface area contributed by atoms with Crippen LogP contribution in [0.2, 0.25) is 5.02 Å². The number of halogens is 1. The van der Waals surface area contributed by atoms with Gasteiger partial charge in [-0.1, -0.05) is 41.6 Å². The van der Waals surface area contributed by atoms with Gasteiger partial charge in [0.15, 0.2) is 16.6 Å². The molecule has 0 aliphatic heterocycles. The Morgan fingerprint density at radius 3 is 2.59 bits per heavy atom. The molecule has 0 amide bonds. The molecule has 4 rings (SSSR count). The highest BCUT2D eigenvalue weighted by Gasteiger charge is 2.16.